The summed E-state index contributed by atoms with van der Waals surface area (Å²) in [5, 5.41) is 12.5. The maximum atomic E-state index is 12.5. The Morgan fingerprint density at radius 3 is 2.67 bits per heavy atom. The number of para-hydroxylation sites is 1. The van der Waals surface area contributed by atoms with Gasteiger partial charge in [-0.05, 0) is 52.9 Å². The zero-order valence-electron chi connectivity index (χ0n) is 16.3. The quantitative estimate of drug-likeness (QED) is 0.370. The van der Waals surface area contributed by atoms with Crippen molar-refractivity contribution in [2.45, 2.75) is 11.7 Å². The zero-order chi connectivity index (χ0) is 20.8. The second kappa shape index (κ2) is 10.4. The number of carbonyl (C=O) groups is 1. The summed E-state index contributed by atoms with van der Waals surface area (Å²) in [4.78, 5) is 14.8. The Kier molecular flexibility index (Phi) is 7.37. The first-order valence-corrected chi connectivity index (χ1v) is 11.7. The van der Waals surface area contributed by atoms with Crippen LogP contribution in [0.4, 0.5) is 5.69 Å². The number of amides is 1. The molecule has 1 aliphatic rings. The van der Waals surface area contributed by atoms with Gasteiger partial charge in [-0.2, -0.15) is 0 Å². The predicted molar refractivity (Wildman–Crippen MR) is 126 cm³/mol. The fourth-order valence-corrected chi connectivity index (χ4v) is 4.50. The Morgan fingerprint density at radius 1 is 1.10 bits per heavy atom. The van der Waals surface area contributed by atoms with Crippen LogP contribution < -0.4 is 5.32 Å². The van der Waals surface area contributed by atoms with E-state index in [-0.39, 0.29) is 11.7 Å². The number of carbonyl (C=O) groups excluding carboxylic acids is 1. The number of hydrogen-bond acceptors (Lipinski definition) is 6. The molecule has 9 heteroatoms. The molecule has 0 atom stereocenters. The van der Waals surface area contributed by atoms with E-state index in [0.29, 0.717) is 11.7 Å². The van der Waals surface area contributed by atoms with Crippen LogP contribution in [0.15, 0.2) is 59.8 Å². The van der Waals surface area contributed by atoms with Gasteiger partial charge in [-0.25, -0.2) is 0 Å². The SMILES string of the molecule is O=C(CSc1nnc(CN2CCOCC2)n1-c1ccccc1)Nc1cccc(I)c1. The number of benzene rings is 2. The van der Waals surface area contributed by atoms with Crippen LogP contribution in [0, 0.1) is 3.57 Å². The number of thioether (sulfide) groups is 1. The topological polar surface area (TPSA) is 72.3 Å². The minimum atomic E-state index is -0.0701. The first-order chi connectivity index (χ1) is 14.7. The second-order valence-corrected chi connectivity index (χ2v) is 8.99. The molecule has 1 fully saturated rings. The van der Waals surface area contributed by atoms with Crippen LogP contribution in [0.3, 0.4) is 0 Å². The summed E-state index contributed by atoms with van der Waals surface area (Å²) < 4.78 is 8.56. The van der Waals surface area contributed by atoms with E-state index in [9.17, 15) is 4.79 Å². The van der Waals surface area contributed by atoms with Gasteiger partial charge >= 0.3 is 0 Å². The van der Waals surface area contributed by atoms with Crippen LogP contribution in [0.25, 0.3) is 5.69 Å². The van der Waals surface area contributed by atoms with E-state index in [0.717, 1.165) is 47.1 Å². The number of rotatable bonds is 7. The van der Waals surface area contributed by atoms with Crippen LogP contribution in [-0.2, 0) is 16.1 Å². The van der Waals surface area contributed by atoms with Gasteiger partial charge in [0.2, 0.25) is 5.91 Å². The standard InChI is InChI=1S/C21H22IN5O2S/c22-16-5-4-6-17(13-16)23-20(28)15-30-21-25-24-19(14-26-9-11-29-12-10-26)27(21)18-7-2-1-3-8-18/h1-8,13H,9-12,14-15H2,(H,23,28). The minimum absolute atomic E-state index is 0.0701. The lowest BCUT2D eigenvalue weighted by atomic mass is 10.3. The highest BCUT2D eigenvalue weighted by Crippen LogP contribution is 2.23. The van der Waals surface area contributed by atoms with Crippen LogP contribution in [0.2, 0.25) is 0 Å². The molecule has 1 aromatic heterocycles. The van der Waals surface area contributed by atoms with E-state index in [1.807, 2.05) is 59.2 Å². The first-order valence-electron chi connectivity index (χ1n) is 9.67. The average Bonchev–Trinajstić information content (AvgIpc) is 3.16. The van der Waals surface area contributed by atoms with Crippen molar-refractivity contribution in [1.82, 2.24) is 19.7 Å². The van der Waals surface area contributed by atoms with Crippen LogP contribution in [-0.4, -0.2) is 57.6 Å². The molecule has 156 valence electrons. The number of nitrogens with one attached hydrogen (secondary N) is 1. The van der Waals surface area contributed by atoms with Crippen LogP contribution in [0.1, 0.15) is 5.82 Å². The Balaban J connectivity index is 1.48. The van der Waals surface area contributed by atoms with Crippen molar-refractivity contribution in [3.8, 4) is 5.69 Å². The van der Waals surface area contributed by atoms with Gasteiger partial charge in [0.1, 0.15) is 0 Å². The molecular weight excluding hydrogens is 513 g/mol. The largest absolute Gasteiger partial charge is 0.379 e. The number of aromatic nitrogens is 3. The number of halogens is 1. The number of hydrogen-bond donors (Lipinski definition) is 1. The molecule has 1 aliphatic heterocycles. The Hall–Kier alpha value is -1.95. The van der Waals surface area contributed by atoms with E-state index >= 15 is 0 Å². The first kappa shape index (κ1) is 21.3. The van der Waals surface area contributed by atoms with Crippen molar-refractivity contribution in [3.63, 3.8) is 0 Å². The van der Waals surface area contributed by atoms with Gasteiger partial charge in [-0.15, -0.1) is 10.2 Å². The molecule has 0 saturated carbocycles. The van der Waals surface area contributed by atoms with Gasteiger partial charge in [-0.1, -0.05) is 36.0 Å². The third-order valence-electron chi connectivity index (χ3n) is 4.62. The number of morpholine rings is 1. The average molecular weight is 535 g/mol. The smallest absolute Gasteiger partial charge is 0.234 e. The molecular formula is C21H22IN5O2S. The number of nitrogens with zero attached hydrogens (tertiary/aromatic N) is 4. The maximum absolute atomic E-state index is 12.5. The number of ether oxygens (including phenoxy) is 1. The third-order valence-corrected chi connectivity index (χ3v) is 6.22. The summed E-state index contributed by atoms with van der Waals surface area (Å²) >= 11 is 3.62. The lowest BCUT2D eigenvalue weighted by Gasteiger charge is -2.26. The van der Waals surface area contributed by atoms with E-state index in [1.165, 1.54) is 11.8 Å². The van der Waals surface area contributed by atoms with E-state index < -0.39 is 0 Å². The molecule has 4 rings (SSSR count). The summed E-state index contributed by atoms with van der Waals surface area (Å²) in [6, 6.07) is 17.8. The van der Waals surface area contributed by atoms with Crippen LogP contribution in [0.5, 0.6) is 0 Å². The van der Waals surface area contributed by atoms with E-state index in [2.05, 4.69) is 43.0 Å². The maximum Gasteiger partial charge on any atom is 0.234 e. The van der Waals surface area contributed by atoms with Crippen molar-refractivity contribution in [2.24, 2.45) is 0 Å². The minimum Gasteiger partial charge on any atom is -0.379 e. The lowest BCUT2D eigenvalue weighted by molar-refractivity contribution is -0.113. The van der Waals surface area contributed by atoms with Crippen molar-refractivity contribution >= 4 is 45.9 Å². The fourth-order valence-electron chi connectivity index (χ4n) is 3.19. The Labute approximate surface area is 193 Å². The molecule has 0 unspecified atom stereocenters. The molecule has 1 N–H and O–H groups in total. The van der Waals surface area contributed by atoms with Gasteiger partial charge in [0.25, 0.3) is 0 Å². The molecule has 2 aromatic carbocycles. The van der Waals surface area contributed by atoms with Gasteiger partial charge < -0.3 is 10.1 Å². The lowest BCUT2D eigenvalue weighted by Crippen LogP contribution is -2.36. The molecule has 2 heterocycles. The number of anilines is 1. The molecule has 1 saturated heterocycles. The molecule has 0 spiro atoms. The third kappa shape index (κ3) is 5.60. The molecule has 0 bridgehead atoms. The highest BCUT2D eigenvalue weighted by molar-refractivity contribution is 14.1. The summed E-state index contributed by atoms with van der Waals surface area (Å²) in [5.41, 5.74) is 1.79. The highest BCUT2D eigenvalue weighted by Gasteiger charge is 2.19. The zero-order valence-corrected chi connectivity index (χ0v) is 19.3. The molecule has 0 aliphatic carbocycles. The summed E-state index contributed by atoms with van der Waals surface area (Å²) in [7, 11) is 0. The molecule has 7 nitrogen and oxygen atoms in total. The van der Waals surface area contributed by atoms with E-state index in [4.69, 9.17) is 4.74 Å². The van der Waals surface area contributed by atoms with Crippen molar-refractivity contribution in [3.05, 3.63) is 64.0 Å². The second-order valence-electron chi connectivity index (χ2n) is 6.81. The molecule has 1 amide bonds. The molecule has 0 radical (unpaired) electrons. The monoisotopic (exact) mass is 535 g/mol. The summed E-state index contributed by atoms with van der Waals surface area (Å²) in [6.45, 7) is 3.92. The predicted octanol–water partition coefficient (Wildman–Crippen LogP) is 3.43. The van der Waals surface area contributed by atoms with Crippen molar-refractivity contribution in [2.75, 3.05) is 37.4 Å². The van der Waals surface area contributed by atoms with Crippen LogP contribution >= 0.6 is 34.4 Å². The summed E-state index contributed by atoms with van der Waals surface area (Å²) in [5.74, 6) is 1.05. The van der Waals surface area contributed by atoms with Crippen molar-refractivity contribution < 1.29 is 9.53 Å². The van der Waals surface area contributed by atoms with Gasteiger partial charge in [0.05, 0.1) is 25.5 Å². The van der Waals surface area contributed by atoms with Gasteiger partial charge in [0.15, 0.2) is 11.0 Å². The van der Waals surface area contributed by atoms with Gasteiger partial charge in [-0.3, -0.25) is 14.3 Å². The summed E-state index contributed by atoms with van der Waals surface area (Å²) in [6.07, 6.45) is 0. The van der Waals surface area contributed by atoms with Crippen molar-refractivity contribution in [1.29, 1.82) is 0 Å². The molecule has 3 aromatic rings. The van der Waals surface area contributed by atoms with Gasteiger partial charge in [0, 0.05) is 28.0 Å². The highest BCUT2D eigenvalue weighted by atomic mass is 127. The van der Waals surface area contributed by atoms with E-state index in [1.54, 1.807) is 0 Å². The normalized spacial score (nSPS) is 14.6. The molecule has 30 heavy (non-hydrogen) atoms. The Bertz CT molecular complexity index is 992. The fraction of sp³-hybridized carbons (Fsp3) is 0.286. The Morgan fingerprint density at radius 2 is 1.90 bits per heavy atom.